The number of rotatable bonds is 2. The number of carbonyl (C=O) groups is 1. The third-order valence-corrected chi connectivity index (χ3v) is 6.75. The van der Waals surface area contributed by atoms with Crippen LogP contribution in [0, 0.1) is 16.7 Å². The molecule has 0 bridgehead atoms. The van der Waals surface area contributed by atoms with Gasteiger partial charge in [0.2, 0.25) is 0 Å². The highest BCUT2D eigenvalue weighted by Gasteiger charge is 2.56. The zero-order valence-corrected chi connectivity index (χ0v) is 17.0. The Morgan fingerprint density at radius 3 is 2.44 bits per heavy atom. The third kappa shape index (κ3) is 2.68. The minimum absolute atomic E-state index is 0.0155. The number of piperidine rings is 1. The zero-order valence-electron chi connectivity index (χ0n) is 17.0. The van der Waals surface area contributed by atoms with E-state index in [0.29, 0.717) is 6.54 Å². The SMILES string of the molecule is COC1=CC2(C)CN3C(=O)NC4(CCNCC4)C3=CC(C)(C)C2C(OC)=C1. The lowest BCUT2D eigenvalue weighted by molar-refractivity contribution is 0.0811. The lowest BCUT2D eigenvalue weighted by atomic mass is 9.61. The first-order valence-corrected chi connectivity index (χ1v) is 9.81. The molecule has 0 aromatic heterocycles. The maximum Gasteiger partial charge on any atom is 0.322 e. The summed E-state index contributed by atoms with van der Waals surface area (Å²) in [7, 11) is 3.40. The van der Waals surface area contributed by atoms with Crippen molar-refractivity contribution in [2.45, 2.75) is 39.2 Å². The highest BCUT2D eigenvalue weighted by atomic mass is 16.5. The van der Waals surface area contributed by atoms with Crippen LogP contribution >= 0.6 is 0 Å². The first-order chi connectivity index (χ1) is 12.7. The van der Waals surface area contributed by atoms with E-state index in [4.69, 9.17) is 9.47 Å². The molecule has 0 saturated carbocycles. The van der Waals surface area contributed by atoms with Crippen LogP contribution in [0.4, 0.5) is 4.79 Å². The molecule has 148 valence electrons. The Hall–Kier alpha value is -1.95. The van der Waals surface area contributed by atoms with Gasteiger partial charge in [-0.3, -0.25) is 4.90 Å². The van der Waals surface area contributed by atoms with Gasteiger partial charge in [-0.15, -0.1) is 0 Å². The standard InChI is InChI=1S/C21H31N3O3/c1-19(2)12-16-21(6-8-22-9-7-21)23-18(25)24(16)13-20(3)11-14(26-4)10-15(27-5)17(19)20/h10-12,17,22H,6-9,13H2,1-5H3,(H,23,25). The molecule has 0 aromatic rings. The first kappa shape index (κ1) is 18.4. The Morgan fingerprint density at radius 1 is 1.11 bits per heavy atom. The van der Waals surface area contributed by atoms with E-state index in [1.807, 2.05) is 11.0 Å². The molecule has 2 saturated heterocycles. The second kappa shape index (κ2) is 6.03. The Bertz CT molecular complexity index is 746. The zero-order chi connectivity index (χ0) is 19.4. The number of urea groups is 1. The average molecular weight is 373 g/mol. The highest BCUT2D eigenvalue weighted by Crippen LogP contribution is 2.55. The van der Waals surface area contributed by atoms with E-state index < -0.39 is 0 Å². The molecule has 1 aliphatic carbocycles. The van der Waals surface area contributed by atoms with E-state index in [1.165, 1.54) is 0 Å². The van der Waals surface area contributed by atoms with Crippen molar-refractivity contribution in [1.29, 1.82) is 0 Å². The van der Waals surface area contributed by atoms with E-state index in [9.17, 15) is 4.79 Å². The second-order valence-corrected chi connectivity index (χ2v) is 9.14. The molecule has 2 amide bonds. The van der Waals surface area contributed by atoms with Crippen molar-refractivity contribution in [2.24, 2.45) is 16.7 Å². The van der Waals surface area contributed by atoms with Crippen LogP contribution in [0.25, 0.3) is 0 Å². The molecule has 3 heterocycles. The molecule has 3 aliphatic heterocycles. The Morgan fingerprint density at radius 2 is 1.81 bits per heavy atom. The minimum Gasteiger partial charge on any atom is -0.501 e. The van der Waals surface area contributed by atoms with Gasteiger partial charge in [-0.25, -0.2) is 4.79 Å². The number of carbonyl (C=O) groups excluding carboxylic acids is 1. The van der Waals surface area contributed by atoms with E-state index >= 15 is 0 Å². The summed E-state index contributed by atoms with van der Waals surface area (Å²) in [6.45, 7) is 9.17. The van der Waals surface area contributed by atoms with E-state index in [-0.39, 0.29) is 28.3 Å². The molecular weight excluding hydrogens is 342 g/mol. The van der Waals surface area contributed by atoms with E-state index in [0.717, 1.165) is 43.1 Å². The molecule has 2 fully saturated rings. The predicted molar refractivity (Wildman–Crippen MR) is 104 cm³/mol. The van der Waals surface area contributed by atoms with Crippen molar-refractivity contribution in [2.75, 3.05) is 33.9 Å². The summed E-state index contributed by atoms with van der Waals surface area (Å²) in [6.07, 6.45) is 8.32. The molecule has 6 nitrogen and oxygen atoms in total. The van der Waals surface area contributed by atoms with Crippen molar-refractivity contribution in [3.63, 3.8) is 0 Å². The van der Waals surface area contributed by atoms with Gasteiger partial charge in [0, 0.05) is 29.7 Å². The molecule has 27 heavy (non-hydrogen) atoms. The van der Waals surface area contributed by atoms with Crippen molar-refractivity contribution >= 4 is 6.03 Å². The van der Waals surface area contributed by atoms with Crippen LogP contribution in [0.2, 0.25) is 0 Å². The number of amides is 2. The Labute approximate surface area is 161 Å². The molecule has 1 spiro atoms. The van der Waals surface area contributed by atoms with Crippen LogP contribution in [0.1, 0.15) is 33.6 Å². The lowest BCUT2D eigenvalue weighted by Gasteiger charge is -2.45. The predicted octanol–water partition coefficient (Wildman–Crippen LogP) is 2.75. The fourth-order valence-electron chi connectivity index (χ4n) is 5.73. The van der Waals surface area contributed by atoms with Crippen molar-refractivity contribution in [3.8, 4) is 0 Å². The van der Waals surface area contributed by atoms with Crippen LogP contribution in [0.3, 0.4) is 0 Å². The molecule has 2 atom stereocenters. The number of hydrogen-bond donors (Lipinski definition) is 2. The molecule has 2 N–H and O–H groups in total. The summed E-state index contributed by atoms with van der Waals surface area (Å²) in [5, 5.41) is 6.74. The summed E-state index contributed by atoms with van der Waals surface area (Å²) < 4.78 is 11.4. The lowest BCUT2D eigenvalue weighted by Crippen LogP contribution is -2.50. The van der Waals surface area contributed by atoms with Gasteiger partial charge in [0.05, 0.1) is 19.8 Å². The van der Waals surface area contributed by atoms with Gasteiger partial charge in [-0.1, -0.05) is 26.8 Å². The number of ether oxygens (including phenoxy) is 2. The first-order valence-electron chi connectivity index (χ1n) is 9.81. The normalized spacial score (nSPS) is 33.8. The monoisotopic (exact) mass is 373 g/mol. The fraction of sp³-hybridized carbons (Fsp3) is 0.667. The topological polar surface area (TPSA) is 62.8 Å². The highest BCUT2D eigenvalue weighted by molar-refractivity contribution is 5.82. The number of methoxy groups -OCH3 is 2. The molecular formula is C21H31N3O3. The molecule has 2 unspecified atom stereocenters. The van der Waals surface area contributed by atoms with Crippen LogP contribution < -0.4 is 10.6 Å². The van der Waals surface area contributed by atoms with Gasteiger partial charge in [0.25, 0.3) is 0 Å². The number of nitrogens with one attached hydrogen (secondary N) is 2. The van der Waals surface area contributed by atoms with Crippen LogP contribution in [0.15, 0.2) is 35.4 Å². The van der Waals surface area contributed by atoms with Gasteiger partial charge in [-0.2, -0.15) is 0 Å². The Kier molecular flexibility index (Phi) is 4.11. The summed E-state index contributed by atoms with van der Waals surface area (Å²) in [6, 6.07) is 0.0155. The van der Waals surface area contributed by atoms with Gasteiger partial charge < -0.3 is 20.1 Å². The number of allylic oxidation sites excluding steroid dienone is 3. The average Bonchev–Trinajstić information content (AvgIpc) is 2.79. The molecule has 0 radical (unpaired) electrons. The van der Waals surface area contributed by atoms with Crippen molar-refractivity contribution < 1.29 is 14.3 Å². The van der Waals surface area contributed by atoms with E-state index in [1.54, 1.807) is 14.2 Å². The van der Waals surface area contributed by atoms with Crippen LogP contribution in [-0.4, -0.2) is 50.3 Å². The smallest absolute Gasteiger partial charge is 0.322 e. The number of hydrogen-bond acceptors (Lipinski definition) is 4. The van der Waals surface area contributed by atoms with Crippen molar-refractivity contribution in [3.05, 3.63) is 35.4 Å². The number of nitrogens with zero attached hydrogens (tertiary/aromatic N) is 1. The van der Waals surface area contributed by atoms with Crippen molar-refractivity contribution in [1.82, 2.24) is 15.5 Å². The summed E-state index contributed by atoms with van der Waals surface area (Å²) >= 11 is 0. The maximum absolute atomic E-state index is 13.0. The van der Waals surface area contributed by atoms with Gasteiger partial charge in [0.1, 0.15) is 11.5 Å². The van der Waals surface area contributed by atoms with E-state index in [2.05, 4.69) is 43.6 Å². The maximum atomic E-state index is 13.0. The summed E-state index contributed by atoms with van der Waals surface area (Å²) in [4.78, 5) is 15.0. The minimum atomic E-state index is -0.289. The quantitative estimate of drug-likeness (QED) is 0.781. The molecule has 6 heteroatoms. The van der Waals surface area contributed by atoms with Gasteiger partial charge >= 0.3 is 6.03 Å². The molecule has 4 rings (SSSR count). The van der Waals surface area contributed by atoms with Gasteiger partial charge in [-0.05, 0) is 37.4 Å². The number of fused-ring (bicyclic) bond motifs is 3. The molecule has 4 aliphatic rings. The van der Waals surface area contributed by atoms with Crippen LogP contribution in [0.5, 0.6) is 0 Å². The summed E-state index contributed by atoms with van der Waals surface area (Å²) in [5.74, 6) is 1.83. The molecule has 0 aromatic carbocycles. The van der Waals surface area contributed by atoms with Gasteiger partial charge in [0.15, 0.2) is 0 Å². The largest absolute Gasteiger partial charge is 0.501 e. The Balaban J connectivity index is 1.85. The second-order valence-electron chi connectivity index (χ2n) is 9.14. The summed E-state index contributed by atoms with van der Waals surface area (Å²) in [5.41, 5.74) is 0.412. The van der Waals surface area contributed by atoms with Crippen LogP contribution in [-0.2, 0) is 9.47 Å². The fourth-order valence-corrected chi connectivity index (χ4v) is 5.73. The third-order valence-electron chi connectivity index (χ3n) is 6.75.